The van der Waals surface area contributed by atoms with Crippen LogP contribution in [0.4, 0.5) is 0 Å². The van der Waals surface area contributed by atoms with Crippen molar-refractivity contribution in [2.24, 2.45) is 0 Å². The van der Waals surface area contributed by atoms with Crippen LogP contribution in [-0.4, -0.2) is 52.7 Å². The number of H-pyrrole nitrogens is 1. The SMILES string of the molecule is CC(C(=O)N1CCCCC1)S(=O)(=O)c1ncn[nH]1. The van der Waals surface area contributed by atoms with Gasteiger partial charge in [0.05, 0.1) is 0 Å². The Bertz CT molecular complexity index is 505. The van der Waals surface area contributed by atoms with Crippen molar-refractivity contribution in [2.45, 2.75) is 36.6 Å². The molecular formula is C10H16N4O3S. The summed E-state index contributed by atoms with van der Waals surface area (Å²) in [7, 11) is -3.76. The van der Waals surface area contributed by atoms with Crippen molar-refractivity contribution in [1.29, 1.82) is 0 Å². The molecule has 0 bridgehead atoms. The average Bonchev–Trinajstić information content (AvgIpc) is 2.92. The summed E-state index contributed by atoms with van der Waals surface area (Å²) in [6.07, 6.45) is 4.07. The number of piperidine rings is 1. The van der Waals surface area contributed by atoms with Crippen LogP contribution in [0, 0.1) is 0 Å². The van der Waals surface area contributed by atoms with Crippen LogP contribution < -0.4 is 0 Å². The number of carbonyl (C=O) groups is 1. The van der Waals surface area contributed by atoms with Crippen LogP contribution in [0.5, 0.6) is 0 Å². The largest absolute Gasteiger partial charge is 0.342 e. The van der Waals surface area contributed by atoms with Gasteiger partial charge in [-0.05, 0) is 26.2 Å². The Hall–Kier alpha value is -1.44. The van der Waals surface area contributed by atoms with Gasteiger partial charge in [-0.15, -0.1) is 0 Å². The zero-order valence-electron chi connectivity index (χ0n) is 10.2. The van der Waals surface area contributed by atoms with Gasteiger partial charge in [0.1, 0.15) is 11.6 Å². The molecule has 1 aromatic heterocycles. The van der Waals surface area contributed by atoms with Crippen LogP contribution in [0.1, 0.15) is 26.2 Å². The molecule has 7 nitrogen and oxygen atoms in total. The first-order chi connectivity index (χ1) is 8.53. The summed E-state index contributed by atoms with van der Waals surface area (Å²) >= 11 is 0. The zero-order chi connectivity index (χ0) is 13.2. The number of hydrogen-bond donors (Lipinski definition) is 1. The number of rotatable bonds is 3. The van der Waals surface area contributed by atoms with Crippen molar-refractivity contribution in [1.82, 2.24) is 20.1 Å². The predicted octanol–water partition coefficient (Wildman–Crippen LogP) is -0.0206. The van der Waals surface area contributed by atoms with Gasteiger partial charge in [-0.3, -0.25) is 9.89 Å². The van der Waals surface area contributed by atoms with E-state index in [0.29, 0.717) is 13.1 Å². The van der Waals surface area contributed by atoms with Gasteiger partial charge >= 0.3 is 0 Å². The lowest BCUT2D eigenvalue weighted by Gasteiger charge is -2.28. The maximum absolute atomic E-state index is 12.1. The molecule has 1 atom stereocenters. The Morgan fingerprint density at radius 3 is 2.61 bits per heavy atom. The first-order valence-corrected chi connectivity index (χ1v) is 7.46. The second-order valence-corrected chi connectivity index (χ2v) is 6.55. The van der Waals surface area contributed by atoms with Crippen LogP contribution in [0.3, 0.4) is 0 Å². The third kappa shape index (κ3) is 2.38. The van der Waals surface area contributed by atoms with Crippen molar-refractivity contribution in [2.75, 3.05) is 13.1 Å². The van der Waals surface area contributed by atoms with E-state index in [2.05, 4.69) is 15.2 Å². The van der Waals surface area contributed by atoms with E-state index in [9.17, 15) is 13.2 Å². The van der Waals surface area contributed by atoms with Crippen LogP contribution in [0.2, 0.25) is 0 Å². The van der Waals surface area contributed by atoms with Crippen LogP contribution in [-0.2, 0) is 14.6 Å². The Morgan fingerprint density at radius 2 is 2.06 bits per heavy atom. The molecule has 1 aliphatic rings. The van der Waals surface area contributed by atoms with Gasteiger partial charge in [0.15, 0.2) is 0 Å². The molecule has 1 unspecified atom stereocenters. The summed E-state index contributed by atoms with van der Waals surface area (Å²) in [6, 6.07) is 0. The number of hydrogen-bond acceptors (Lipinski definition) is 5. The van der Waals surface area contributed by atoms with Crippen molar-refractivity contribution in [3.63, 3.8) is 0 Å². The molecule has 2 heterocycles. The van der Waals surface area contributed by atoms with Crippen molar-refractivity contribution < 1.29 is 13.2 Å². The lowest BCUT2D eigenvalue weighted by Crippen LogP contribution is -2.44. The zero-order valence-corrected chi connectivity index (χ0v) is 11.0. The smallest absolute Gasteiger partial charge is 0.243 e. The summed E-state index contributed by atoms with van der Waals surface area (Å²) in [5, 5.41) is 4.43. The highest BCUT2D eigenvalue weighted by Gasteiger charge is 2.35. The number of likely N-dealkylation sites (tertiary alicyclic amines) is 1. The van der Waals surface area contributed by atoms with E-state index >= 15 is 0 Å². The number of carbonyl (C=O) groups excluding carboxylic acids is 1. The third-order valence-electron chi connectivity index (χ3n) is 3.14. The van der Waals surface area contributed by atoms with Crippen molar-refractivity contribution in [3.8, 4) is 0 Å². The summed E-state index contributed by atoms with van der Waals surface area (Å²) in [5.41, 5.74) is 0. The highest BCUT2D eigenvalue weighted by Crippen LogP contribution is 2.16. The number of amides is 1. The standard InChI is InChI=1S/C10H16N4O3S/c1-8(9(15)14-5-3-2-4-6-14)18(16,17)10-11-7-12-13-10/h7-8H,2-6H2,1H3,(H,11,12,13). The van der Waals surface area contributed by atoms with Gasteiger partial charge in [-0.2, -0.15) is 5.10 Å². The number of nitrogens with one attached hydrogen (secondary N) is 1. The number of nitrogens with zero attached hydrogens (tertiary/aromatic N) is 3. The molecule has 0 spiro atoms. The Morgan fingerprint density at radius 1 is 1.39 bits per heavy atom. The van der Waals surface area contributed by atoms with Gasteiger partial charge < -0.3 is 4.90 Å². The van der Waals surface area contributed by atoms with E-state index in [1.807, 2.05) is 0 Å². The second kappa shape index (κ2) is 5.05. The quantitative estimate of drug-likeness (QED) is 0.834. The predicted molar refractivity (Wildman–Crippen MR) is 63.5 cm³/mol. The lowest BCUT2D eigenvalue weighted by atomic mass is 10.1. The second-order valence-electron chi connectivity index (χ2n) is 4.36. The molecule has 2 rings (SSSR count). The monoisotopic (exact) mass is 272 g/mol. The summed E-state index contributed by atoms with van der Waals surface area (Å²) in [6.45, 7) is 2.67. The number of aromatic nitrogens is 3. The van der Waals surface area contributed by atoms with E-state index in [4.69, 9.17) is 0 Å². The maximum atomic E-state index is 12.1. The molecular weight excluding hydrogens is 256 g/mol. The topological polar surface area (TPSA) is 96.0 Å². The fourth-order valence-electron chi connectivity index (χ4n) is 2.00. The Labute approximate surface area is 106 Å². The lowest BCUT2D eigenvalue weighted by molar-refractivity contribution is -0.131. The normalized spacial score (nSPS) is 18.6. The first-order valence-electron chi connectivity index (χ1n) is 5.91. The Balaban J connectivity index is 2.15. The first kappa shape index (κ1) is 13.0. The third-order valence-corrected chi connectivity index (χ3v) is 5.01. The molecule has 0 radical (unpaired) electrons. The van der Waals surface area contributed by atoms with E-state index in [-0.39, 0.29) is 11.1 Å². The highest BCUT2D eigenvalue weighted by atomic mass is 32.2. The average molecular weight is 272 g/mol. The van der Waals surface area contributed by atoms with Gasteiger partial charge in [0.25, 0.3) is 0 Å². The molecule has 1 saturated heterocycles. The summed E-state index contributed by atoms with van der Waals surface area (Å²) in [4.78, 5) is 17.3. The fraction of sp³-hybridized carbons (Fsp3) is 0.700. The molecule has 0 aromatic carbocycles. The molecule has 1 amide bonds. The van der Waals surface area contributed by atoms with Crippen molar-refractivity contribution in [3.05, 3.63) is 6.33 Å². The minimum Gasteiger partial charge on any atom is -0.342 e. The van der Waals surface area contributed by atoms with E-state index in [1.165, 1.54) is 6.92 Å². The molecule has 8 heteroatoms. The van der Waals surface area contributed by atoms with Gasteiger partial charge in [-0.25, -0.2) is 13.4 Å². The summed E-state index contributed by atoms with van der Waals surface area (Å²) < 4.78 is 24.2. The van der Waals surface area contributed by atoms with Gasteiger partial charge in [0, 0.05) is 13.1 Å². The van der Waals surface area contributed by atoms with E-state index in [0.717, 1.165) is 25.6 Å². The molecule has 18 heavy (non-hydrogen) atoms. The Kier molecular flexibility index (Phi) is 3.65. The minimum atomic E-state index is -3.76. The number of aromatic amines is 1. The van der Waals surface area contributed by atoms with Gasteiger partial charge in [-0.1, -0.05) is 0 Å². The molecule has 1 fully saturated rings. The molecule has 1 N–H and O–H groups in total. The minimum absolute atomic E-state index is 0.250. The molecule has 0 aliphatic carbocycles. The summed E-state index contributed by atoms with van der Waals surface area (Å²) in [5.74, 6) is -0.355. The van der Waals surface area contributed by atoms with E-state index < -0.39 is 15.1 Å². The maximum Gasteiger partial charge on any atom is 0.243 e. The highest BCUT2D eigenvalue weighted by molar-refractivity contribution is 7.92. The van der Waals surface area contributed by atoms with Crippen molar-refractivity contribution >= 4 is 15.7 Å². The van der Waals surface area contributed by atoms with E-state index in [1.54, 1.807) is 4.90 Å². The molecule has 0 saturated carbocycles. The molecule has 100 valence electrons. The van der Waals surface area contributed by atoms with Crippen LogP contribution in [0.25, 0.3) is 0 Å². The number of sulfone groups is 1. The fourth-order valence-corrected chi connectivity index (χ4v) is 3.13. The van der Waals surface area contributed by atoms with Crippen LogP contribution >= 0.6 is 0 Å². The van der Waals surface area contributed by atoms with Crippen LogP contribution in [0.15, 0.2) is 11.5 Å². The van der Waals surface area contributed by atoms with Gasteiger partial charge in [0.2, 0.25) is 20.9 Å². The molecule has 1 aromatic rings. The molecule has 1 aliphatic heterocycles.